The van der Waals surface area contributed by atoms with Gasteiger partial charge in [0.15, 0.2) is 7.29 Å². The SMILES string of the molecule is CC1C(C)(C)P(=O)(Nc2ncn[nH]2)C1(C)C. The quantitative estimate of drug-likeness (QED) is 0.782. The number of rotatable bonds is 2. The number of H-pyrrole nitrogens is 1. The Bertz CT molecular complexity index is 418. The van der Waals surface area contributed by atoms with Gasteiger partial charge in [-0.3, -0.25) is 4.57 Å². The van der Waals surface area contributed by atoms with Crippen LogP contribution in [-0.2, 0) is 4.57 Å². The Labute approximate surface area is 95.9 Å². The highest BCUT2D eigenvalue weighted by atomic mass is 31.2. The van der Waals surface area contributed by atoms with Gasteiger partial charge in [0.2, 0.25) is 5.95 Å². The fraction of sp³-hybridized carbons (Fsp3) is 0.800. The minimum absolute atomic E-state index is 0.205. The van der Waals surface area contributed by atoms with Crippen LogP contribution in [0.1, 0.15) is 34.6 Å². The second-order valence-corrected chi connectivity index (χ2v) is 9.33. The maximum Gasteiger partial charge on any atom is 0.223 e. The predicted molar refractivity (Wildman–Crippen MR) is 64.9 cm³/mol. The lowest BCUT2D eigenvalue weighted by Gasteiger charge is -2.62. The number of hydrogen-bond donors (Lipinski definition) is 2. The summed E-state index contributed by atoms with van der Waals surface area (Å²) in [6.45, 7) is 10.3. The van der Waals surface area contributed by atoms with Crippen LogP contribution in [0, 0.1) is 5.92 Å². The van der Waals surface area contributed by atoms with E-state index in [4.69, 9.17) is 0 Å². The van der Waals surface area contributed by atoms with Gasteiger partial charge in [-0.05, 0) is 5.92 Å². The molecule has 90 valence electrons. The van der Waals surface area contributed by atoms with Crippen molar-refractivity contribution in [2.75, 3.05) is 5.09 Å². The first kappa shape index (κ1) is 11.6. The van der Waals surface area contributed by atoms with E-state index in [9.17, 15) is 4.57 Å². The molecule has 16 heavy (non-hydrogen) atoms. The van der Waals surface area contributed by atoms with Gasteiger partial charge < -0.3 is 5.09 Å². The van der Waals surface area contributed by atoms with Crippen LogP contribution in [0.25, 0.3) is 0 Å². The molecule has 0 radical (unpaired) electrons. The lowest BCUT2D eigenvalue weighted by atomic mass is 9.83. The summed E-state index contributed by atoms with van der Waals surface area (Å²) >= 11 is 0. The smallest absolute Gasteiger partial charge is 0.223 e. The molecule has 2 rings (SSSR count). The van der Waals surface area contributed by atoms with Crippen LogP contribution >= 0.6 is 7.29 Å². The Morgan fingerprint density at radius 2 is 1.94 bits per heavy atom. The van der Waals surface area contributed by atoms with Crippen molar-refractivity contribution in [2.24, 2.45) is 5.92 Å². The average molecular weight is 242 g/mol. The van der Waals surface area contributed by atoms with E-state index in [1.165, 1.54) is 6.33 Å². The minimum Gasteiger partial charge on any atom is -0.304 e. The minimum atomic E-state index is -2.53. The highest BCUT2D eigenvalue weighted by molar-refractivity contribution is 7.70. The zero-order valence-corrected chi connectivity index (χ0v) is 11.3. The summed E-state index contributed by atoms with van der Waals surface area (Å²) in [4.78, 5) is 3.99. The van der Waals surface area contributed by atoms with Crippen molar-refractivity contribution >= 4 is 13.2 Å². The summed E-state index contributed by atoms with van der Waals surface area (Å²) in [5.41, 5.74) is 0. The van der Waals surface area contributed by atoms with Crippen LogP contribution in [0.3, 0.4) is 0 Å². The van der Waals surface area contributed by atoms with Gasteiger partial charge in [0.25, 0.3) is 0 Å². The van der Waals surface area contributed by atoms with E-state index in [1.807, 2.05) is 27.7 Å². The molecular weight excluding hydrogens is 223 g/mol. The molecular formula is C10H19N4OP. The van der Waals surface area contributed by atoms with Crippen LogP contribution in [-0.4, -0.2) is 25.5 Å². The molecule has 0 unspecified atom stereocenters. The topological polar surface area (TPSA) is 70.7 Å². The summed E-state index contributed by atoms with van der Waals surface area (Å²) in [5.74, 6) is 0.901. The van der Waals surface area contributed by atoms with Crippen molar-refractivity contribution in [3.63, 3.8) is 0 Å². The average Bonchev–Trinajstić information content (AvgIpc) is 2.68. The van der Waals surface area contributed by atoms with Gasteiger partial charge in [0.05, 0.1) is 0 Å². The molecule has 2 heterocycles. The van der Waals surface area contributed by atoms with Crippen molar-refractivity contribution in [3.8, 4) is 0 Å². The fourth-order valence-electron chi connectivity index (χ4n) is 2.78. The van der Waals surface area contributed by atoms with E-state index >= 15 is 0 Å². The van der Waals surface area contributed by atoms with E-state index in [0.29, 0.717) is 11.9 Å². The number of nitrogens with zero attached hydrogens (tertiary/aromatic N) is 2. The van der Waals surface area contributed by atoms with Gasteiger partial charge >= 0.3 is 0 Å². The van der Waals surface area contributed by atoms with Crippen molar-refractivity contribution in [3.05, 3.63) is 6.33 Å². The normalized spacial score (nSPS) is 35.4. The Hall–Kier alpha value is -0.830. The number of anilines is 1. The van der Waals surface area contributed by atoms with Crippen molar-refractivity contribution in [1.82, 2.24) is 15.2 Å². The van der Waals surface area contributed by atoms with Crippen molar-refractivity contribution < 1.29 is 4.57 Å². The first-order chi connectivity index (χ1) is 7.23. The second-order valence-electron chi connectivity index (χ2n) is 5.58. The molecule has 6 heteroatoms. The van der Waals surface area contributed by atoms with Crippen LogP contribution < -0.4 is 5.09 Å². The molecule has 0 amide bonds. The Morgan fingerprint density at radius 1 is 1.38 bits per heavy atom. The van der Waals surface area contributed by atoms with Crippen molar-refractivity contribution in [1.29, 1.82) is 0 Å². The molecule has 2 N–H and O–H groups in total. The molecule has 0 bridgehead atoms. The van der Waals surface area contributed by atoms with E-state index < -0.39 is 7.29 Å². The monoisotopic (exact) mass is 242 g/mol. The van der Waals surface area contributed by atoms with Crippen LogP contribution in [0.4, 0.5) is 5.95 Å². The first-order valence-corrected chi connectivity index (χ1v) is 7.18. The van der Waals surface area contributed by atoms with Gasteiger partial charge in [-0.2, -0.15) is 10.1 Å². The molecule has 0 aliphatic carbocycles. The lowest BCUT2D eigenvalue weighted by Crippen LogP contribution is -2.59. The van der Waals surface area contributed by atoms with Crippen LogP contribution in [0.2, 0.25) is 0 Å². The first-order valence-electron chi connectivity index (χ1n) is 5.47. The number of aromatic nitrogens is 3. The number of hydrogen-bond acceptors (Lipinski definition) is 3. The zero-order valence-electron chi connectivity index (χ0n) is 10.4. The molecule has 5 nitrogen and oxygen atoms in total. The highest BCUT2D eigenvalue weighted by Gasteiger charge is 2.68. The fourth-order valence-corrected chi connectivity index (χ4v) is 6.78. The molecule has 1 aliphatic heterocycles. The second kappa shape index (κ2) is 3.10. The van der Waals surface area contributed by atoms with Gasteiger partial charge in [-0.25, -0.2) is 5.10 Å². The summed E-state index contributed by atoms with van der Waals surface area (Å²) in [5, 5.41) is 9.13. The molecule has 1 fully saturated rings. The third kappa shape index (κ3) is 1.15. The maximum atomic E-state index is 13.1. The molecule has 0 atom stereocenters. The molecule has 1 aliphatic rings. The molecule has 0 aromatic carbocycles. The Morgan fingerprint density at radius 3 is 2.38 bits per heavy atom. The van der Waals surface area contributed by atoms with Gasteiger partial charge in [0.1, 0.15) is 6.33 Å². The predicted octanol–water partition coefficient (Wildman–Crippen LogP) is 2.70. The summed E-state index contributed by atoms with van der Waals surface area (Å²) in [6.07, 6.45) is 1.41. The van der Waals surface area contributed by atoms with Gasteiger partial charge in [-0.1, -0.05) is 34.6 Å². The molecule has 1 aromatic rings. The number of aromatic amines is 1. The summed E-state index contributed by atoms with van der Waals surface area (Å²) < 4.78 is 13.1. The Balaban J connectivity index is 2.35. The molecule has 0 saturated carbocycles. The molecule has 1 aromatic heterocycles. The van der Waals surface area contributed by atoms with E-state index in [0.717, 1.165) is 0 Å². The Kier molecular flexibility index (Phi) is 2.26. The van der Waals surface area contributed by atoms with Crippen LogP contribution in [0.5, 0.6) is 0 Å². The third-order valence-corrected chi connectivity index (χ3v) is 8.97. The van der Waals surface area contributed by atoms with Crippen LogP contribution in [0.15, 0.2) is 6.33 Å². The standard InChI is InChI=1S/C10H19N4OP/c1-7-9(2,3)16(15,10(7,4)5)14-8-11-6-12-13-8/h6-7H,1-5H3,(H2,11,12,13,14,15). The van der Waals surface area contributed by atoms with E-state index in [2.05, 4.69) is 27.2 Å². The van der Waals surface area contributed by atoms with Gasteiger partial charge in [-0.15, -0.1) is 0 Å². The lowest BCUT2D eigenvalue weighted by molar-refractivity contribution is 0.272. The number of nitrogens with one attached hydrogen (secondary N) is 2. The third-order valence-electron chi connectivity index (χ3n) is 4.42. The zero-order chi connectivity index (χ0) is 12.2. The summed E-state index contributed by atoms with van der Waals surface area (Å²) in [6, 6.07) is 0. The molecule has 1 saturated heterocycles. The summed E-state index contributed by atoms with van der Waals surface area (Å²) in [7, 11) is -2.53. The van der Waals surface area contributed by atoms with E-state index in [-0.39, 0.29) is 10.3 Å². The largest absolute Gasteiger partial charge is 0.304 e. The van der Waals surface area contributed by atoms with E-state index in [1.54, 1.807) is 0 Å². The highest BCUT2D eigenvalue weighted by Crippen LogP contribution is 2.80. The van der Waals surface area contributed by atoms with Gasteiger partial charge in [0, 0.05) is 10.3 Å². The molecule has 0 spiro atoms. The maximum absolute atomic E-state index is 13.1. The van der Waals surface area contributed by atoms with Crippen molar-refractivity contribution in [2.45, 2.75) is 44.9 Å².